The van der Waals surface area contributed by atoms with Crippen LogP contribution in [-0.2, 0) is 21.4 Å². The molecule has 3 rings (SSSR count). The van der Waals surface area contributed by atoms with Crippen molar-refractivity contribution in [2.24, 2.45) is 5.92 Å². The van der Waals surface area contributed by atoms with Crippen LogP contribution >= 0.6 is 0 Å². The molecule has 11 heteroatoms. The van der Waals surface area contributed by atoms with Crippen molar-refractivity contribution in [1.82, 2.24) is 9.21 Å². The highest BCUT2D eigenvalue weighted by atomic mass is 32.2. The number of sulfonamides is 1. The summed E-state index contributed by atoms with van der Waals surface area (Å²) in [6.07, 6.45) is 1.17. The van der Waals surface area contributed by atoms with Gasteiger partial charge in [-0.15, -0.1) is 0 Å². The summed E-state index contributed by atoms with van der Waals surface area (Å²) < 4.78 is 55.0. The van der Waals surface area contributed by atoms with Crippen LogP contribution in [0.2, 0.25) is 0 Å². The van der Waals surface area contributed by atoms with Gasteiger partial charge in [-0.1, -0.05) is 0 Å². The number of nitrogens with zero attached hydrogens (tertiary/aromatic N) is 2. The van der Waals surface area contributed by atoms with E-state index in [1.165, 1.54) is 45.9 Å². The normalized spacial score (nSPS) is 16.2. The minimum absolute atomic E-state index is 0.0169. The van der Waals surface area contributed by atoms with Gasteiger partial charge in [0.25, 0.3) is 0 Å². The van der Waals surface area contributed by atoms with Gasteiger partial charge in [0.05, 0.1) is 41.5 Å². The summed E-state index contributed by atoms with van der Waals surface area (Å²) in [7, 11) is 5.27. The first-order valence-electron chi connectivity index (χ1n) is 11.5. The Kier molecular flexibility index (Phi) is 8.91. The number of hydrogen-bond donors (Lipinski definition) is 0. The highest BCUT2D eigenvalue weighted by Crippen LogP contribution is 2.38. The van der Waals surface area contributed by atoms with Crippen molar-refractivity contribution < 1.29 is 36.9 Å². The second kappa shape index (κ2) is 11.7. The van der Waals surface area contributed by atoms with Gasteiger partial charge < -0.3 is 28.6 Å². The maximum absolute atomic E-state index is 13.5. The SMILES string of the molecule is COc1ccc(OC)c(S(=O)(=O)N2CCC[C@H](C(=O)N(C)Cc3cc(OC)c(OC)c(OC)c3)C2)c1. The van der Waals surface area contributed by atoms with Gasteiger partial charge in [0, 0.05) is 32.7 Å². The van der Waals surface area contributed by atoms with Crippen LogP contribution in [-0.4, -0.2) is 79.2 Å². The molecule has 1 aliphatic heterocycles. The summed E-state index contributed by atoms with van der Waals surface area (Å²) in [5, 5.41) is 0. The monoisotopic (exact) mass is 522 g/mol. The number of hydrogen-bond acceptors (Lipinski definition) is 8. The van der Waals surface area contributed by atoms with E-state index < -0.39 is 15.9 Å². The van der Waals surface area contributed by atoms with Crippen LogP contribution in [0.1, 0.15) is 18.4 Å². The van der Waals surface area contributed by atoms with Crippen molar-refractivity contribution in [2.75, 3.05) is 55.7 Å². The Bertz CT molecular complexity index is 1160. The van der Waals surface area contributed by atoms with E-state index in [0.717, 1.165) is 5.56 Å². The number of methoxy groups -OCH3 is 5. The van der Waals surface area contributed by atoms with Crippen LogP contribution in [0.5, 0.6) is 28.7 Å². The number of rotatable bonds is 10. The summed E-state index contributed by atoms with van der Waals surface area (Å²) in [6, 6.07) is 8.22. The van der Waals surface area contributed by atoms with E-state index in [0.29, 0.717) is 48.9 Å². The van der Waals surface area contributed by atoms with Crippen LogP contribution in [0.3, 0.4) is 0 Å². The van der Waals surface area contributed by atoms with Crippen LogP contribution in [0.15, 0.2) is 35.2 Å². The van der Waals surface area contributed by atoms with Crippen LogP contribution in [0.25, 0.3) is 0 Å². The average Bonchev–Trinajstić information content (AvgIpc) is 2.91. The van der Waals surface area contributed by atoms with Gasteiger partial charge in [0.2, 0.25) is 21.7 Å². The predicted molar refractivity (Wildman–Crippen MR) is 134 cm³/mol. The maximum Gasteiger partial charge on any atom is 0.246 e. The van der Waals surface area contributed by atoms with E-state index >= 15 is 0 Å². The Hall–Kier alpha value is -3.18. The molecule has 198 valence electrons. The highest BCUT2D eigenvalue weighted by Gasteiger charge is 2.36. The van der Waals surface area contributed by atoms with Crippen LogP contribution in [0, 0.1) is 5.92 Å². The summed E-state index contributed by atoms with van der Waals surface area (Å²) in [6.45, 7) is 0.701. The number of carbonyl (C=O) groups excluding carboxylic acids is 1. The van der Waals surface area contributed by atoms with Crippen molar-refractivity contribution in [3.05, 3.63) is 35.9 Å². The molecule has 36 heavy (non-hydrogen) atoms. The highest BCUT2D eigenvalue weighted by molar-refractivity contribution is 7.89. The van der Waals surface area contributed by atoms with E-state index in [4.69, 9.17) is 23.7 Å². The lowest BCUT2D eigenvalue weighted by Crippen LogP contribution is -2.45. The lowest BCUT2D eigenvalue weighted by Gasteiger charge is -2.33. The lowest BCUT2D eigenvalue weighted by atomic mass is 9.98. The molecule has 1 fully saturated rings. The van der Waals surface area contributed by atoms with Crippen LogP contribution < -0.4 is 23.7 Å². The summed E-state index contributed by atoms with van der Waals surface area (Å²) >= 11 is 0. The third-order valence-corrected chi connectivity index (χ3v) is 8.13. The largest absolute Gasteiger partial charge is 0.497 e. The molecule has 1 atom stereocenters. The molecular formula is C25H34N2O8S. The molecule has 0 saturated carbocycles. The molecule has 2 aromatic rings. The van der Waals surface area contributed by atoms with E-state index in [-0.39, 0.29) is 23.1 Å². The third-order valence-electron chi connectivity index (χ3n) is 6.24. The summed E-state index contributed by atoms with van der Waals surface area (Å²) in [5.74, 6) is 1.48. The number of piperidine rings is 1. The molecule has 0 aromatic heterocycles. The van der Waals surface area contributed by atoms with Crippen molar-refractivity contribution in [3.8, 4) is 28.7 Å². The van der Waals surface area contributed by atoms with Crippen molar-refractivity contribution in [3.63, 3.8) is 0 Å². The molecule has 0 N–H and O–H groups in total. The topological polar surface area (TPSA) is 104 Å². The second-order valence-electron chi connectivity index (χ2n) is 8.45. The molecule has 0 unspecified atom stereocenters. The molecule has 2 aromatic carbocycles. The number of ether oxygens (including phenoxy) is 5. The Morgan fingerprint density at radius 2 is 1.58 bits per heavy atom. The minimum atomic E-state index is -3.90. The van der Waals surface area contributed by atoms with E-state index in [9.17, 15) is 13.2 Å². The first kappa shape index (κ1) is 27.4. The van der Waals surface area contributed by atoms with Gasteiger partial charge in [-0.3, -0.25) is 4.79 Å². The molecule has 0 radical (unpaired) electrons. The minimum Gasteiger partial charge on any atom is -0.497 e. The van der Waals surface area contributed by atoms with Crippen LogP contribution in [0.4, 0.5) is 0 Å². The molecule has 10 nitrogen and oxygen atoms in total. The first-order chi connectivity index (χ1) is 17.2. The maximum atomic E-state index is 13.5. The zero-order valence-corrected chi connectivity index (χ0v) is 22.4. The van der Waals surface area contributed by atoms with Gasteiger partial charge in [-0.05, 0) is 42.7 Å². The average molecular weight is 523 g/mol. The Balaban J connectivity index is 1.79. The fourth-order valence-electron chi connectivity index (χ4n) is 4.38. The zero-order chi connectivity index (χ0) is 26.5. The second-order valence-corrected chi connectivity index (χ2v) is 10.4. The Morgan fingerprint density at radius 1 is 0.944 bits per heavy atom. The Morgan fingerprint density at radius 3 is 2.14 bits per heavy atom. The fourth-order valence-corrected chi connectivity index (χ4v) is 6.07. The standard InChI is InChI=1S/C25H34N2O8S/c1-26(15-17-12-21(33-4)24(35-6)22(13-17)34-5)25(28)18-8-7-11-27(16-18)36(29,30)23-14-19(31-2)9-10-20(23)32-3/h9-10,12-14,18H,7-8,11,15-16H2,1-6H3/t18-/m0/s1. The molecular weight excluding hydrogens is 488 g/mol. The molecule has 0 bridgehead atoms. The van der Waals surface area contributed by atoms with Gasteiger partial charge in [0.15, 0.2) is 11.5 Å². The third kappa shape index (κ3) is 5.62. The molecule has 1 aliphatic rings. The smallest absolute Gasteiger partial charge is 0.246 e. The molecule has 1 heterocycles. The summed E-state index contributed by atoms with van der Waals surface area (Å²) in [5.41, 5.74) is 0.793. The fraction of sp³-hybridized carbons (Fsp3) is 0.480. The van der Waals surface area contributed by atoms with E-state index in [1.807, 2.05) is 0 Å². The quantitative estimate of drug-likeness (QED) is 0.469. The van der Waals surface area contributed by atoms with Crippen molar-refractivity contribution >= 4 is 15.9 Å². The van der Waals surface area contributed by atoms with Gasteiger partial charge in [0.1, 0.15) is 16.4 Å². The summed E-state index contributed by atoms with van der Waals surface area (Å²) in [4.78, 5) is 14.9. The zero-order valence-electron chi connectivity index (χ0n) is 21.6. The number of carbonyl (C=O) groups is 1. The number of amides is 1. The molecule has 1 saturated heterocycles. The molecule has 1 amide bonds. The van der Waals surface area contributed by atoms with Gasteiger partial charge in [-0.25, -0.2) is 8.42 Å². The van der Waals surface area contributed by atoms with Gasteiger partial charge in [-0.2, -0.15) is 4.31 Å². The Labute approximate surface area is 212 Å². The van der Waals surface area contributed by atoms with Crippen molar-refractivity contribution in [1.29, 1.82) is 0 Å². The lowest BCUT2D eigenvalue weighted by molar-refractivity contribution is -0.135. The van der Waals surface area contributed by atoms with Gasteiger partial charge >= 0.3 is 0 Å². The number of benzene rings is 2. The van der Waals surface area contributed by atoms with E-state index in [2.05, 4.69) is 0 Å². The molecule has 0 spiro atoms. The van der Waals surface area contributed by atoms with E-state index in [1.54, 1.807) is 36.2 Å². The first-order valence-corrected chi connectivity index (χ1v) is 12.9. The predicted octanol–water partition coefficient (Wildman–Crippen LogP) is 2.79. The molecule has 0 aliphatic carbocycles. The van der Waals surface area contributed by atoms with Crippen molar-refractivity contribution in [2.45, 2.75) is 24.3 Å².